The average molecular weight is 410 g/mol. The van der Waals surface area contributed by atoms with Gasteiger partial charge >= 0.3 is 0 Å². The number of fused-ring (bicyclic) bond motifs is 1. The van der Waals surface area contributed by atoms with Crippen molar-refractivity contribution in [2.45, 2.75) is 51.4 Å². The van der Waals surface area contributed by atoms with E-state index in [4.69, 9.17) is 0 Å². The monoisotopic (exact) mass is 409 g/mol. The minimum Gasteiger partial charge on any atom is -0.349 e. The lowest BCUT2D eigenvalue weighted by molar-refractivity contribution is -0.119. The van der Waals surface area contributed by atoms with Gasteiger partial charge < -0.3 is 5.32 Å². The lowest BCUT2D eigenvalue weighted by Gasteiger charge is -2.19. The third kappa shape index (κ3) is 4.88. The molecule has 1 atom stereocenters. The molecule has 1 heterocycles. The van der Waals surface area contributed by atoms with Crippen LogP contribution in [0, 0.1) is 6.92 Å². The largest absolute Gasteiger partial charge is 0.349 e. The summed E-state index contributed by atoms with van der Waals surface area (Å²) in [6.45, 7) is 8.00. The molecule has 6 heteroatoms. The van der Waals surface area contributed by atoms with Crippen LogP contribution in [0.2, 0.25) is 0 Å². The van der Waals surface area contributed by atoms with E-state index in [0.717, 1.165) is 12.0 Å². The second-order valence-corrected chi connectivity index (χ2v) is 8.35. The molecule has 0 fully saturated rings. The maximum atomic E-state index is 12.9. The number of benzene rings is 2. The molecule has 29 heavy (non-hydrogen) atoms. The van der Waals surface area contributed by atoms with E-state index in [-0.39, 0.29) is 29.3 Å². The normalized spacial score (nSPS) is 12.3. The number of rotatable bonds is 7. The van der Waals surface area contributed by atoms with E-state index < -0.39 is 0 Å². The zero-order valence-corrected chi connectivity index (χ0v) is 18.1. The van der Waals surface area contributed by atoms with Crippen LogP contribution in [0.1, 0.15) is 50.4 Å². The third-order valence-corrected chi connectivity index (χ3v) is 5.80. The fourth-order valence-corrected chi connectivity index (χ4v) is 4.21. The van der Waals surface area contributed by atoms with E-state index in [9.17, 15) is 9.59 Å². The van der Waals surface area contributed by atoms with Gasteiger partial charge in [0.05, 0.1) is 22.7 Å². The molecule has 152 valence electrons. The second kappa shape index (κ2) is 9.27. The molecule has 3 aromatic rings. The molecule has 0 aliphatic carbocycles. The first-order valence-electron chi connectivity index (χ1n) is 9.90. The summed E-state index contributed by atoms with van der Waals surface area (Å²) in [6, 6.07) is 15.5. The zero-order valence-electron chi connectivity index (χ0n) is 17.3. The minimum absolute atomic E-state index is 0.0273. The molecular formula is C23H27N3O2S. The van der Waals surface area contributed by atoms with Crippen molar-refractivity contribution in [3.8, 4) is 0 Å². The van der Waals surface area contributed by atoms with Crippen molar-refractivity contribution in [2.24, 2.45) is 0 Å². The van der Waals surface area contributed by atoms with Crippen LogP contribution < -0.4 is 10.9 Å². The standard InChI is InChI=1S/C23H27N3O2S/c1-5-19(17-12-10-16(4)11-13-17)24-21(27)14-29-23-25-20-9-7-6-8-18(20)22(28)26(23)15(2)3/h6-13,15,19H,5,14H2,1-4H3,(H,24,27)/t19-/m1/s1. The molecule has 0 saturated carbocycles. The summed E-state index contributed by atoms with van der Waals surface area (Å²) >= 11 is 1.30. The number of hydrogen-bond acceptors (Lipinski definition) is 4. The molecule has 0 saturated heterocycles. The Bertz CT molecular complexity index is 1060. The van der Waals surface area contributed by atoms with Crippen molar-refractivity contribution in [3.63, 3.8) is 0 Å². The van der Waals surface area contributed by atoms with Crippen LogP contribution in [-0.4, -0.2) is 21.2 Å². The summed E-state index contributed by atoms with van der Waals surface area (Å²) in [5, 5.41) is 4.27. The maximum absolute atomic E-state index is 12.9. The van der Waals surface area contributed by atoms with Gasteiger partial charge in [0.1, 0.15) is 0 Å². The molecule has 1 amide bonds. The second-order valence-electron chi connectivity index (χ2n) is 7.41. The summed E-state index contributed by atoms with van der Waals surface area (Å²) in [6.07, 6.45) is 0.810. The highest BCUT2D eigenvalue weighted by atomic mass is 32.2. The van der Waals surface area contributed by atoms with E-state index >= 15 is 0 Å². The molecule has 0 aliphatic rings. The Morgan fingerprint density at radius 1 is 1.14 bits per heavy atom. The van der Waals surface area contributed by atoms with Crippen molar-refractivity contribution < 1.29 is 4.79 Å². The SMILES string of the molecule is CC[C@@H](NC(=O)CSc1nc2ccccc2c(=O)n1C(C)C)c1ccc(C)cc1. The van der Waals surface area contributed by atoms with Crippen LogP contribution >= 0.6 is 11.8 Å². The van der Waals surface area contributed by atoms with E-state index in [1.165, 1.54) is 17.3 Å². The summed E-state index contributed by atoms with van der Waals surface area (Å²) in [5.74, 6) is 0.139. The van der Waals surface area contributed by atoms with Gasteiger partial charge in [0, 0.05) is 6.04 Å². The first kappa shape index (κ1) is 21.1. The number of hydrogen-bond donors (Lipinski definition) is 1. The molecular weight excluding hydrogens is 382 g/mol. The predicted molar refractivity (Wildman–Crippen MR) is 119 cm³/mol. The van der Waals surface area contributed by atoms with Gasteiger partial charge in [0.25, 0.3) is 5.56 Å². The van der Waals surface area contributed by atoms with Gasteiger partial charge in [-0.15, -0.1) is 0 Å². The van der Waals surface area contributed by atoms with Crippen molar-refractivity contribution in [1.29, 1.82) is 0 Å². The van der Waals surface area contributed by atoms with E-state index in [1.807, 2.05) is 39.0 Å². The van der Waals surface area contributed by atoms with Crippen LogP contribution in [0.15, 0.2) is 58.5 Å². The highest BCUT2D eigenvalue weighted by molar-refractivity contribution is 7.99. The van der Waals surface area contributed by atoms with Crippen LogP contribution in [0.4, 0.5) is 0 Å². The van der Waals surface area contributed by atoms with Crippen molar-refractivity contribution in [2.75, 3.05) is 5.75 Å². The number of carbonyl (C=O) groups excluding carboxylic acids is 1. The number of para-hydroxylation sites is 1. The number of aromatic nitrogens is 2. The summed E-state index contributed by atoms with van der Waals surface area (Å²) in [5.41, 5.74) is 2.88. The highest BCUT2D eigenvalue weighted by Gasteiger charge is 2.17. The first-order chi connectivity index (χ1) is 13.9. The number of thioether (sulfide) groups is 1. The van der Waals surface area contributed by atoms with Crippen molar-refractivity contribution in [1.82, 2.24) is 14.9 Å². The fourth-order valence-electron chi connectivity index (χ4n) is 3.27. The van der Waals surface area contributed by atoms with Gasteiger partial charge in [-0.1, -0.05) is 60.6 Å². The summed E-state index contributed by atoms with van der Waals surface area (Å²) in [7, 11) is 0. The minimum atomic E-state index is -0.0698. The molecule has 3 rings (SSSR count). The van der Waals surface area contributed by atoms with Gasteiger partial charge in [-0.25, -0.2) is 4.98 Å². The van der Waals surface area contributed by atoms with Crippen LogP contribution in [-0.2, 0) is 4.79 Å². The average Bonchev–Trinajstić information content (AvgIpc) is 2.71. The maximum Gasteiger partial charge on any atom is 0.262 e. The highest BCUT2D eigenvalue weighted by Crippen LogP contribution is 2.22. The van der Waals surface area contributed by atoms with Gasteiger partial charge in [-0.3, -0.25) is 14.2 Å². The molecule has 5 nitrogen and oxygen atoms in total. The number of nitrogens with zero attached hydrogens (tertiary/aromatic N) is 2. The Balaban J connectivity index is 1.77. The first-order valence-corrected chi connectivity index (χ1v) is 10.9. The topological polar surface area (TPSA) is 64.0 Å². The predicted octanol–water partition coefficient (Wildman–Crippen LogP) is 4.65. The summed E-state index contributed by atoms with van der Waals surface area (Å²) < 4.78 is 1.66. The Kier molecular flexibility index (Phi) is 6.75. The fraction of sp³-hybridized carbons (Fsp3) is 0.348. The Hall–Kier alpha value is -2.60. The molecule has 1 N–H and O–H groups in total. The van der Waals surface area contributed by atoms with Crippen LogP contribution in [0.3, 0.4) is 0 Å². The summed E-state index contributed by atoms with van der Waals surface area (Å²) in [4.78, 5) is 30.1. The molecule has 0 radical (unpaired) electrons. The van der Waals surface area contributed by atoms with E-state index in [0.29, 0.717) is 16.1 Å². The zero-order chi connectivity index (χ0) is 21.0. The van der Waals surface area contributed by atoms with E-state index in [2.05, 4.69) is 41.5 Å². The van der Waals surface area contributed by atoms with Crippen molar-refractivity contribution in [3.05, 3.63) is 70.0 Å². The van der Waals surface area contributed by atoms with Crippen LogP contribution in [0.5, 0.6) is 0 Å². The lowest BCUT2D eigenvalue weighted by Crippen LogP contribution is -2.30. The Morgan fingerprint density at radius 2 is 1.83 bits per heavy atom. The Morgan fingerprint density at radius 3 is 2.48 bits per heavy atom. The van der Waals surface area contributed by atoms with E-state index in [1.54, 1.807) is 10.6 Å². The molecule has 2 aromatic carbocycles. The van der Waals surface area contributed by atoms with Gasteiger partial charge in [-0.2, -0.15) is 0 Å². The third-order valence-electron chi connectivity index (χ3n) is 4.85. The number of amides is 1. The van der Waals surface area contributed by atoms with Gasteiger partial charge in [0.15, 0.2) is 5.16 Å². The molecule has 1 aromatic heterocycles. The molecule has 0 unspecified atom stereocenters. The molecule has 0 spiro atoms. The lowest BCUT2D eigenvalue weighted by atomic mass is 10.0. The van der Waals surface area contributed by atoms with Crippen LogP contribution in [0.25, 0.3) is 10.9 Å². The smallest absolute Gasteiger partial charge is 0.262 e. The van der Waals surface area contributed by atoms with Gasteiger partial charge in [0.2, 0.25) is 5.91 Å². The number of nitrogens with one attached hydrogen (secondary N) is 1. The quantitative estimate of drug-likeness (QED) is 0.456. The van der Waals surface area contributed by atoms with Crippen molar-refractivity contribution >= 4 is 28.6 Å². The number of aryl methyl sites for hydroxylation is 1. The number of carbonyl (C=O) groups is 1. The Labute approximate surface area is 175 Å². The molecule has 0 aliphatic heterocycles. The molecule has 0 bridgehead atoms. The van der Waals surface area contributed by atoms with Gasteiger partial charge in [-0.05, 0) is 44.9 Å².